The van der Waals surface area contributed by atoms with Crippen molar-refractivity contribution in [1.82, 2.24) is 4.90 Å². The summed E-state index contributed by atoms with van der Waals surface area (Å²) < 4.78 is 75.9. The molecule has 0 bridgehead atoms. The minimum atomic E-state index is -4.68. The zero-order valence-corrected chi connectivity index (χ0v) is 25.0. The van der Waals surface area contributed by atoms with Gasteiger partial charge in [-0.3, -0.25) is 4.72 Å². The van der Waals surface area contributed by atoms with Gasteiger partial charge < -0.3 is 9.64 Å². The maximum Gasteiger partial charge on any atom is 0.419 e. The molecule has 1 aliphatic heterocycles. The summed E-state index contributed by atoms with van der Waals surface area (Å²) in [4.78, 5) is 2.28. The first-order chi connectivity index (χ1) is 17.3. The van der Waals surface area contributed by atoms with Crippen molar-refractivity contribution >= 4 is 89.5 Å². The maximum absolute atomic E-state index is 13.6. The molecular formula is C22H17BrCl3F3N2O3S3. The third-order valence-electron chi connectivity index (χ3n) is 5.31. The number of sulfonamides is 1. The molecule has 1 aromatic heterocycles. The number of likely N-dealkylation sites (N-methyl/N-ethyl adjacent to an activating group) is 1. The van der Waals surface area contributed by atoms with Crippen LogP contribution in [-0.2, 0) is 16.2 Å². The number of thiophene rings is 1. The molecule has 0 amide bonds. The van der Waals surface area contributed by atoms with Crippen molar-refractivity contribution in [2.24, 2.45) is 0 Å². The van der Waals surface area contributed by atoms with Crippen molar-refractivity contribution in [3.63, 3.8) is 0 Å². The number of halogens is 7. The van der Waals surface area contributed by atoms with E-state index in [-0.39, 0.29) is 19.4 Å². The molecule has 1 atom stereocenters. The Morgan fingerprint density at radius 1 is 1.22 bits per heavy atom. The van der Waals surface area contributed by atoms with Gasteiger partial charge in [0.15, 0.2) is 0 Å². The van der Waals surface area contributed by atoms with Gasteiger partial charge in [-0.1, -0.05) is 52.6 Å². The van der Waals surface area contributed by atoms with Crippen LogP contribution in [-0.4, -0.2) is 39.6 Å². The molecule has 5 nitrogen and oxygen atoms in total. The van der Waals surface area contributed by atoms with Crippen LogP contribution in [0.1, 0.15) is 12.0 Å². The fraction of sp³-hybridized carbons (Fsp3) is 0.273. The van der Waals surface area contributed by atoms with Crippen LogP contribution < -0.4 is 9.46 Å². The normalized spacial score (nSPS) is 16.8. The standard InChI is InChI=1S/C22H17BrCl3F3N2O3S3/c1-31-8-7-12(10-31)34-15-9-11(5-6-13(15)22(27,28)29)30-37(32,33)19-17(23)21(36-20(19)26)35-16-4-2-3-14(24)18(16)25/h2-6,9,12,30H,7-8,10H2,1H3/t12-/m1/s1. The Labute approximate surface area is 243 Å². The summed E-state index contributed by atoms with van der Waals surface area (Å²) in [6.07, 6.45) is -4.57. The SMILES string of the molecule is CN1CC[C@@H](Oc2cc(NS(=O)(=O)c3c(Cl)sc(Sc4cccc(Cl)c4Cl)c3Br)ccc2C(F)(F)F)C1. The van der Waals surface area contributed by atoms with Crippen LogP contribution in [0.5, 0.6) is 5.75 Å². The van der Waals surface area contributed by atoms with Gasteiger partial charge in [-0.25, -0.2) is 8.42 Å². The Balaban J connectivity index is 1.63. The predicted molar refractivity (Wildman–Crippen MR) is 146 cm³/mol. The fourth-order valence-electron chi connectivity index (χ4n) is 3.60. The van der Waals surface area contributed by atoms with Crippen molar-refractivity contribution in [3.05, 3.63) is 60.8 Å². The second kappa shape index (κ2) is 11.3. The number of likely N-dealkylation sites (tertiary alicyclic amines) is 1. The van der Waals surface area contributed by atoms with E-state index >= 15 is 0 Å². The highest BCUT2D eigenvalue weighted by Crippen LogP contribution is 2.49. The zero-order valence-electron chi connectivity index (χ0n) is 18.7. The minimum absolute atomic E-state index is 0.0441. The summed E-state index contributed by atoms with van der Waals surface area (Å²) in [6.45, 7) is 1.14. The summed E-state index contributed by atoms with van der Waals surface area (Å²) in [5.41, 5.74) is -1.09. The predicted octanol–water partition coefficient (Wildman–Crippen LogP) is 8.52. The number of hydrogen-bond acceptors (Lipinski definition) is 6. The van der Waals surface area contributed by atoms with Crippen molar-refractivity contribution in [2.45, 2.75) is 32.7 Å². The summed E-state index contributed by atoms with van der Waals surface area (Å²) >= 11 is 24.1. The van der Waals surface area contributed by atoms with E-state index in [1.165, 1.54) is 11.8 Å². The number of nitrogens with one attached hydrogen (secondary N) is 1. The van der Waals surface area contributed by atoms with E-state index < -0.39 is 33.6 Å². The van der Waals surface area contributed by atoms with Gasteiger partial charge >= 0.3 is 6.18 Å². The molecule has 200 valence electrons. The van der Waals surface area contributed by atoms with Crippen LogP contribution >= 0.6 is 73.8 Å². The van der Waals surface area contributed by atoms with E-state index in [2.05, 4.69) is 20.7 Å². The Morgan fingerprint density at radius 3 is 2.59 bits per heavy atom. The van der Waals surface area contributed by atoms with Gasteiger partial charge in [-0.15, -0.1) is 11.3 Å². The van der Waals surface area contributed by atoms with Crippen LogP contribution in [0, 0.1) is 0 Å². The lowest BCUT2D eigenvalue weighted by Gasteiger charge is -2.19. The molecule has 15 heteroatoms. The summed E-state index contributed by atoms with van der Waals surface area (Å²) in [6, 6.07) is 7.90. The van der Waals surface area contributed by atoms with Crippen LogP contribution in [0.4, 0.5) is 18.9 Å². The molecular weight excluding hydrogens is 680 g/mol. The number of benzene rings is 2. The van der Waals surface area contributed by atoms with Crippen molar-refractivity contribution in [3.8, 4) is 5.75 Å². The summed E-state index contributed by atoms with van der Waals surface area (Å²) in [5, 5.41) is 0.642. The number of ether oxygens (including phenoxy) is 1. The minimum Gasteiger partial charge on any atom is -0.488 e. The molecule has 0 saturated carbocycles. The van der Waals surface area contributed by atoms with Gasteiger partial charge in [-0.05, 0) is 53.7 Å². The highest BCUT2D eigenvalue weighted by Gasteiger charge is 2.36. The molecule has 0 aliphatic carbocycles. The smallest absolute Gasteiger partial charge is 0.419 e. The van der Waals surface area contributed by atoms with Gasteiger partial charge in [0.05, 0.1) is 30.0 Å². The average molecular weight is 697 g/mol. The Morgan fingerprint density at radius 2 is 1.95 bits per heavy atom. The number of rotatable bonds is 7. The molecule has 2 heterocycles. The van der Waals surface area contributed by atoms with E-state index in [9.17, 15) is 21.6 Å². The van der Waals surface area contributed by atoms with E-state index in [1.807, 2.05) is 11.9 Å². The third-order valence-corrected chi connectivity index (χ3v) is 12.2. The quantitative estimate of drug-likeness (QED) is 0.269. The average Bonchev–Trinajstić information content (AvgIpc) is 3.32. The highest BCUT2D eigenvalue weighted by molar-refractivity contribution is 9.10. The summed E-state index contributed by atoms with van der Waals surface area (Å²) in [5.74, 6) is -0.449. The molecule has 0 unspecified atom stereocenters. The largest absolute Gasteiger partial charge is 0.488 e. The number of alkyl halides is 3. The van der Waals surface area contributed by atoms with Crippen LogP contribution in [0.15, 0.2) is 54.9 Å². The molecule has 0 spiro atoms. The number of nitrogens with zero attached hydrogens (tertiary/aromatic N) is 1. The van der Waals surface area contributed by atoms with Gasteiger partial charge in [0, 0.05) is 24.1 Å². The first-order valence-corrected chi connectivity index (χ1v) is 15.5. The monoisotopic (exact) mass is 694 g/mol. The first kappa shape index (κ1) is 29.1. The Bertz CT molecular complexity index is 1440. The van der Waals surface area contributed by atoms with E-state index in [0.29, 0.717) is 38.7 Å². The maximum atomic E-state index is 13.6. The van der Waals surface area contributed by atoms with Crippen LogP contribution in [0.3, 0.4) is 0 Å². The molecule has 3 aromatic rings. The lowest BCUT2D eigenvalue weighted by Crippen LogP contribution is -2.23. The third kappa shape index (κ3) is 6.66. The Kier molecular flexibility index (Phi) is 8.92. The second-order valence-electron chi connectivity index (χ2n) is 8.07. The van der Waals surface area contributed by atoms with Crippen molar-refractivity contribution in [1.29, 1.82) is 0 Å². The molecule has 1 N–H and O–H groups in total. The zero-order chi connectivity index (χ0) is 27.1. The van der Waals surface area contributed by atoms with Crippen molar-refractivity contribution < 1.29 is 26.3 Å². The lowest BCUT2D eigenvalue weighted by atomic mass is 10.1. The second-order valence-corrected chi connectivity index (χ2v) is 14.2. The van der Waals surface area contributed by atoms with Gasteiger partial charge in [0.25, 0.3) is 10.0 Å². The summed E-state index contributed by atoms with van der Waals surface area (Å²) in [7, 11) is -2.46. The van der Waals surface area contributed by atoms with Crippen molar-refractivity contribution in [2.75, 3.05) is 24.9 Å². The van der Waals surface area contributed by atoms with Crippen LogP contribution in [0.2, 0.25) is 14.4 Å². The molecule has 2 aromatic carbocycles. The van der Waals surface area contributed by atoms with Crippen LogP contribution in [0.25, 0.3) is 0 Å². The van der Waals surface area contributed by atoms with Gasteiger partial charge in [0.2, 0.25) is 0 Å². The van der Waals surface area contributed by atoms with E-state index in [4.69, 9.17) is 39.5 Å². The molecule has 37 heavy (non-hydrogen) atoms. The topological polar surface area (TPSA) is 58.6 Å². The highest BCUT2D eigenvalue weighted by atomic mass is 79.9. The lowest BCUT2D eigenvalue weighted by molar-refractivity contribution is -0.139. The Hall–Kier alpha value is -0.860. The van der Waals surface area contributed by atoms with E-state index in [1.54, 1.807) is 18.2 Å². The fourth-order valence-corrected chi connectivity index (χ4v) is 10.1. The number of hydrogen-bond donors (Lipinski definition) is 1. The van der Waals surface area contributed by atoms with Gasteiger partial charge in [-0.2, -0.15) is 13.2 Å². The molecule has 0 radical (unpaired) electrons. The van der Waals surface area contributed by atoms with Gasteiger partial charge in [0.1, 0.15) is 21.1 Å². The first-order valence-electron chi connectivity index (χ1n) is 10.4. The molecule has 1 aliphatic rings. The molecule has 1 saturated heterocycles. The van der Waals surface area contributed by atoms with E-state index in [0.717, 1.165) is 29.5 Å². The number of anilines is 1. The molecule has 1 fully saturated rings. The molecule has 4 rings (SSSR count).